The first-order chi connectivity index (χ1) is 14.1. The van der Waals surface area contributed by atoms with Crippen molar-refractivity contribution in [1.29, 1.82) is 5.26 Å². The Kier molecular flexibility index (Phi) is 6.64. The molecule has 1 heterocycles. The minimum Gasteiger partial charge on any atom is -0.437 e. The molecule has 1 N–H and O–H groups in total. The maximum atomic E-state index is 8.91. The highest BCUT2D eigenvalue weighted by Gasteiger charge is 2.09. The van der Waals surface area contributed by atoms with Gasteiger partial charge in [-0.15, -0.1) is 5.10 Å². The van der Waals surface area contributed by atoms with Crippen LogP contribution < -0.4 is 10.1 Å². The number of unbranched alkanes of at least 4 members (excludes halogenated alkanes) is 1. The molecule has 6 heteroatoms. The Bertz CT molecular complexity index is 1030. The maximum absolute atomic E-state index is 8.91. The van der Waals surface area contributed by atoms with E-state index in [0.717, 1.165) is 47.6 Å². The number of aliphatic imine (C=N–C) groups is 1. The monoisotopic (exact) mass is 387 g/mol. The number of anilines is 1. The van der Waals surface area contributed by atoms with Crippen LogP contribution in [0.25, 0.3) is 5.69 Å². The molecule has 0 amide bonds. The van der Waals surface area contributed by atoms with Gasteiger partial charge in [-0.2, -0.15) is 5.26 Å². The Morgan fingerprint density at radius 1 is 1.17 bits per heavy atom. The van der Waals surface area contributed by atoms with Crippen LogP contribution in [-0.4, -0.2) is 22.7 Å². The van der Waals surface area contributed by atoms with Crippen molar-refractivity contribution in [2.75, 3.05) is 11.9 Å². The molecular weight excluding hydrogens is 362 g/mol. The van der Waals surface area contributed by atoms with Crippen LogP contribution in [0, 0.1) is 25.2 Å². The summed E-state index contributed by atoms with van der Waals surface area (Å²) < 4.78 is 7.73. The summed E-state index contributed by atoms with van der Waals surface area (Å²) in [6.45, 7) is 7.03. The molecule has 6 nitrogen and oxygen atoms in total. The number of hydrogen-bond acceptors (Lipinski definition) is 4. The molecule has 0 unspecified atom stereocenters. The lowest BCUT2D eigenvalue weighted by atomic mass is 10.1. The summed E-state index contributed by atoms with van der Waals surface area (Å²) in [7, 11) is 0. The van der Waals surface area contributed by atoms with Gasteiger partial charge < -0.3 is 10.1 Å². The second-order valence-corrected chi connectivity index (χ2v) is 6.83. The summed E-state index contributed by atoms with van der Waals surface area (Å²) in [5, 5.41) is 16.6. The first-order valence-corrected chi connectivity index (χ1v) is 9.71. The van der Waals surface area contributed by atoms with Gasteiger partial charge in [0.2, 0.25) is 5.88 Å². The van der Waals surface area contributed by atoms with E-state index in [1.165, 1.54) is 0 Å². The van der Waals surface area contributed by atoms with Gasteiger partial charge in [-0.05, 0) is 67.8 Å². The molecule has 0 spiro atoms. The van der Waals surface area contributed by atoms with Gasteiger partial charge in [-0.3, -0.25) is 4.99 Å². The summed E-state index contributed by atoms with van der Waals surface area (Å²) in [5.41, 5.74) is 4.58. The molecule has 0 fully saturated rings. The molecule has 0 aliphatic rings. The van der Waals surface area contributed by atoms with Gasteiger partial charge in [0.15, 0.2) is 0 Å². The Balaban J connectivity index is 1.70. The standard InChI is InChI=1S/C23H25N5O/c1-4-5-11-25-16-26-21-13-18(3)22(14-17(21)2)29-23-10-12-28(27-23)20-8-6-19(15-24)7-9-20/h6-10,12-14,16H,4-5,11H2,1-3H3,(H,25,26). The van der Waals surface area contributed by atoms with Gasteiger partial charge in [0.1, 0.15) is 5.75 Å². The topological polar surface area (TPSA) is 75.2 Å². The molecule has 148 valence electrons. The van der Waals surface area contributed by atoms with Gasteiger partial charge in [0.25, 0.3) is 0 Å². The summed E-state index contributed by atoms with van der Waals surface area (Å²) >= 11 is 0. The highest BCUT2D eigenvalue weighted by atomic mass is 16.5. The third kappa shape index (κ3) is 5.23. The fourth-order valence-corrected chi connectivity index (χ4v) is 2.79. The second-order valence-electron chi connectivity index (χ2n) is 6.83. The SMILES string of the molecule is CCCCN=CNc1cc(C)c(Oc2ccn(-c3ccc(C#N)cc3)n2)cc1C. The Hall–Kier alpha value is -3.59. The number of aromatic nitrogens is 2. The molecule has 0 saturated heterocycles. The minimum atomic E-state index is 0.513. The summed E-state index contributed by atoms with van der Waals surface area (Å²) in [5.74, 6) is 1.28. The fourth-order valence-electron chi connectivity index (χ4n) is 2.79. The van der Waals surface area contributed by atoms with Crippen LogP contribution in [-0.2, 0) is 0 Å². The molecule has 1 aromatic heterocycles. The summed E-state index contributed by atoms with van der Waals surface area (Å²) in [6.07, 6.45) is 5.83. The highest BCUT2D eigenvalue weighted by molar-refractivity contribution is 5.78. The number of nitrogens with one attached hydrogen (secondary N) is 1. The van der Waals surface area contributed by atoms with Gasteiger partial charge in [0.05, 0.1) is 23.7 Å². The van der Waals surface area contributed by atoms with Gasteiger partial charge in [-0.25, -0.2) is 4.68 Å². The van der Waals surface area contributed by atoms with Crippen LogP contribution in [0.3, 0.4) is 0 Å². The van der Waals surface area contributed by atoms with Crippen LogP contribution in [0.15, 0.2) is 53.7 Å². The van der Waals surface area contributed by atoms with Crippen molar-refractivity contribution >= 4 is 12.0 Å². The maximum Gasteiger partial charge on any atom is 0.238 e. The fraction of sp³-hybridized carbons (Fsp3) is 0.261. The van der Waals surface area contributed by atoms with E-state index in [2.05, 4.69) is 28.4 Å². The molecule has 0 atom stereocenters. The van der Waals surface area contributed by atoms with Crippen LogP contribution in [0.4, 0.5) is 5.69 Å². The largest absolute Gasteiger partial charge is 0.437 e. The predicted molar refractivity (Wildman–Crippen MR) is 116 cm³/mol. The van der Waals surface area contributed by atoms with Crippen molar-refractivity contribution in [3.63, 3.8) is 0 Å². The Labute approximate surface area is 171 Å². The number of aryl methyl sites for hydroxylation is 2. The first kappa shape index (κ1) is 20.2. The van der Waals surface area contributed by atoms with E-state index in [4.69, 9.17) is 10.00 Å². The van der Waals surface area contributed by atoms with Crippen LogP contribution in [0.2, 0.25) is 0 Å². The third-order valence-corrected chi connectivity index (χ3v) is 4.51. The van der Waals surface area contributed by atoms with E-state index < -0.39 is 0 Å². The molecule has 0 aliphatic heterocycles. The molecule has 0 aliphatic carbocycles. The molecule has 0 bridgehead atoms. The number of hydrogen-bond donors (Lipinski definition) is 1. The minimum absolute atomic E-state index is 0.513. The first-order valence-electron chi connectivity index (χ1n) is 9.71. The zero-order valence-corrected chi connectivity index (χ0v) is 17.0. The zero-order chi connectivity index (χ0) is 20.6. The lowest BCUT2D eigenvalue weighted by Gasteiger charge is -2.12. The van der Waals surface area contributed by atoms with E-state index in [9.17, 15) is 0 Å². The molecule has 2 aromatic carbocycles. The van der Waals surface area contributed by atoms with E-state index in [0.29, 0.717) is 11.4 Å². The molecular formula is C23H25N5O. The Morgan fingerprint density at radius 3 is 2.69 bits per heavy atom. The second kappa shape index (κ2) is 9.56. The van der Waals surface area contributed by atoms with Crippen molar-refractivity contribution in [2.24, 2.45) is 4.99 Å². The van der Waals surface area contributed by atoms with E-state index in [-0.39, 0.29) is 0 Å². The number of benzene rings is 2. The van der Waals surface area contributed by atoms with Crippen molar-refractivity contribution in [3.8, 4) is 23.4 Å². The van der Waals surface area contributed by atoms with E-state index >= 15 is 0 Å². The highest BCUT2D eigenvalue weighted by Crippen LogP contribution is 2.29. The smallest absolute Gasteiger partial charge is 0.238 e. The predicted octanol–water partition coefficient (Wildman–Crippen LogP) is 5.39. The molecule has 3 rings (SSSR count). The molecule has 0 radical (unpaired) electrons. The Morgan fingerprint density at radius 2 is 1.97 bits per heavy atom. The summed E-state index contributed by atoms with van der Waals surface area (Å²) in [6, 6.07) is 15.2. The van der Waals surface area contributed by atoms with Crippen molar-refractivity contribution in [2.45, 2.75) is 33.6 Å². The number of ether oxygens (including phenoxy) is 1. The van der Waals surface area contributed by atoms with Crippen LogP contribution >= 0.6 is 0 Å². The van der Waals surface area contributed by atoms with Gasteiger partial charge in [-0.1, -0.05) is 13.3 Å². The average Bonchev–Trinajstić information content (AvgIpc) is 3.20. The normalized spacial score (nSPS) is 10.8. The van der Waals surface area contributed by atoms with Crippen molar-refractivity contribution in [1.82, 2.24) is 9.78 Å². The van der Waals surface area contributed by atoms with Crippen LogP contribution in [0.5, 0.6) is 11.6 Å². The summed E-state index contributed by atoms with van der Waals surface area (Å²) in [4.78, 5) is 4.36. The van der Waals surface area contributed by atoms with Gasteiger partial charge >= 0.3 is 0 Å². The third-order valence-electron chi connectivity index (χ3n) is 4.51. The number of nitriles is 1. The van der Waals surface area contributed by atoms with Crippen molar-refractivity contribution in [3.05, 3.63) is 65.4 Å². The van der Waals surface area contributed by atoms with E-state index in [1.807, 2.05) is 50.4 Å². The molecule has 0 saturated carbocycles. The molecule has 29 heavy (non-hydrogen) atoms. The molecule has 3 aromatic rings. The van der Waals surface area contributed by atoms with E-state index in [1.54, 1.807) is 23.2 Å². The zero-order valence-electron chi connectivity index (χ0n) is 17.0. The van der Waals surface area contributed by atoms with Crippen molar-refractivity contribution < 1.29 is 4.74 Å². The number of rotatable bonds is 8. The lowest BCUT2D eigenvalue weighted by molar-refractivity contribution is 0.454. The quantitative estimate of drug-likeness (QED) is 0.319. The average molecular weight is 387 g/mol. The van der Waals surface area contributed by atoms with Crippen LogP contribution in [0.1, 0.15) is 36.5 Å². The lowest BCUT2D eigenvalue weighted by Crippen LogP contribution is -2.00. The number of nitrogens with zero attached hydrogens (tertiary/aromatic N) is 4. The van der Waals surface area contributed by atoms with Gasteiger partial charge in [0, 0.05) is 24.5 Å².